The third-order valence-electron chi connectivity index (χ3n) is 8.55. The van der Waals surface area contributed by atoms with Crippen molar-refractivity contribution in [3.05, 3.63) is 70.3 Å². The number of hydrogen-bond donors (Lipinski definition) is 1. The Bertz CT molecular complexity index is 1100. The highest BCUT2D eigenvalue weighted by Crippen LogP contribution is 2.41. The summed E-state index contributed by atoms with van der Waals surface area (Å²) in [6.07, 6.45) is 12.1. The zero-order valence-corrected chi connectivity index (χ0v) is 24.4. The SMILES string of the molecule is CCCCCC(O)(/C=C/c1ccc(C(CC)(CC)c2ccc(OC[C@@H]3CCC(=O)O3)c(C)c2)cc1C)CC. The lowest BCUT2D eigenvalue weighted by molar-refractivity contribution is -0.142. The molecular weight excluding hydrogens is 472 g/mol. The summed E-state index contributed by atoms with van der Waals surface area (Å²) < 4.78 is 11.3. The van der Waals surface area contributed by atoms with Gasteiger partial charge in [0.1, 0.15) is 18.5 Å². The Morgan fingerprint density at radius 2 is 1.66 bits per heavy atom. The van der Waals surface area contributed by atoms with Crippen LogP contribution in [0.25, 0.3) is 6.08 Å². The second kappa shape index (κ2) is 13.5. The molecule has 38 heavy (non-hydrogen) atoms. The van der Waals surface area contributed by atoms with Crippen molar-refractivity contribution in [2.45, 2.75) is 116 Å². The maximum Gasteiger partial charge on any atom is 0.306 e. The normalized spacial score (nSPS) is 17.6. The van der Waals surface area contributed by atoms with Gasteiger partial charge in [-0.05, 0) is 79.8 Å². The molecule has 1 aliphatic rings. The molecule has 1 heterocycles. The molecule has 4 nitrogen and oxygen atoms in total. The van der Waals surface area contributed by atoms with E-state index in [9.17, 15) is 9.90 Å². The average Bonchev–Trinajstić information content (AvgIpc) is 3.33. The molecule has 1 saturated heterocycles. The zero-order valence-electron chi connectivity index (χ0n) is 24.4. The number of rotatable bonds is 14. The van der Waals surface area contributed by atoms with Crippen molar-refractivity contribution in [3.63, 3.8) is 0 Å². The van der Waals surface area contributed by atoms with Crippen LogP contribution in [0.3, 0.4) is 0 Å². The molecule has 1 aliphatic heterocycles. The van der Waals surface area contributed by atoms with Crippen LogP contribution >= 0.6 is 0 Å². The Balaban J connectivity index is 1.81. The molecule has 2 atom stereocenters. The van der Waals surface area contributed by atoms with Crippen LogP contribution in [0, 0.1) is 13.8 Å². The van der Waals surface area contributed by atoms with Crippen molar-refractivity contribution < 1.29 is 19.4 Å². The minimum atomic E-state index is -0.738. The summed E-state index contributed by atoms with van der Waals surface area (Å²) in [6.45, 7) is 13.4. The van der Waals surface area contributed by atoms with Crippen LogP contribution in [0.15, 0.2) is 42.5 Å². The van der Waals surface area contributed by atoms with Gasteiger partial charge in [-0.1, -0.05) is 89.4 Å². The third-order valence-corrected chi connectivity index (χ3v) is 8.55. The summed E-state index contributed by atoms with van der Waals surface area (Å²) in [5.74, 6) is 0.711. The molecule has 0 amide bonds. The first kappa shape index (κ1) is 30.0. The topological polar surface area (TPSA) is 55.8 Å². The molecule has 3 rings (SSSR count). The second-order valence-corrected chi connectivity index (χ2v) is 11.0. The number of carbonyl (C=O) groups excluding carboxylic acids is 1. The fourth-order valence-corrected chi connectivity index (χ4v) is 5.69. The van der Waals surface area contributed by atoms with Crippen LogP contribution < -0.4 is 4.74 Å². The van der Waals surface area contributed by atoms with E-state index in [1.165, 1.54) is 16.7 Å². The number of ether oxygens (including phenoxy) is 2. The van der Waals surface area contributed by atoms with E-state index in [4.69, 9.17) is 9.47 Å². The van der Waals surface area contributed by atoms with Crippen LogP contribution in [0.5, 0.6) is 5.75 Å². The van der Waals surface area contributed by atoms with Gasteiger partial charge in [-0.15, -0.1) is 0 Å². The van der Waals surface area contributed by atoms with Crippen LogP contribution in [0.2, 0.25) is 0 Å². The number of aryl methyl sites for hydroxylation is 2. The third kappa shape index (κ3) is 7.08. The molecule has 1 fully saturated rings. The van der Waals surface area contributed by atoms with E-state index in [0.717, 1.165) is 68.2 Å². The van der Waals surface area contributed by atoms with Crippen LogP contribution in [-0.2, 0) is 14.9 Å². The Kier molecular flexibility index (Phi) is 10.6. The van der Waals surface area contributed by atoms with Crippen LogP contribution in [0.1, 0.15) is 113 Å². The van der Waals surface area contributed by atoms with Gasteiger partial charge in [0, 0.05) is 11.8 Å². The fourth-order valence-electron chi connectivity index (χ4n) is 5.69. The van der Waals surface area contributed by atoms with Crippen molar-refractivity contribution >= 4 is 12.0 Å². The summed E-state index contributed by atoms with van der Waals surface area (Å²) in [6, 6.07) is 13.3. The molecule has 0 spiro atoms. The molecule has 4 heteroatoms. The fraction of sp³-hybridized carbons (Fsp3) is 0.559. The Labute approximate surface area is 230 Å². The lowest BCUT2D eigenvalue weighted by atomic mass is 9.70. The van der Waals surface area contributed by atoms with Gasteiger partial charge in [-0.2, -0.15) is 0 Å². The first-order valence-corrected chi connectivity index (χ1v) is 14.7. The minimum Gasteiger partial charge on any atom is -0.489 e. The van der Waals surface area contributed by atoms with Crippen molar-refractivity contribution in [1.82, 2.24) is 0 Å². The Hall–Kier alpha value is -2.59. The number of carbonyl (C=O) groups is 1. The van der Waals surface area contributed by atoms with E-state index >= 15 is 0 Å². The Morgan fingerprint density at radius 3 is 2.21 bits per heavy atom. The molecule has 0 aliphatic carbocycles. The second-order valence-electron chi connectivity index (χ2n) is 11.0. The number of hydrogen-bond acceptors (Lipinski definition) is 4. The molecule has 0 saturated carbocycles. The predicted molar refractivity (Wildman–Crippen MR) is 157 cm³/mol. The van der Waals surface area contributed by atoms with Gasteiger partial charge in [-0.3, -0.25) is 4.79 Å². The highest BCUT2D eigenvalue weighted by Gasteiger charge is 2.32. The van der Waals surface area contributed by atoms with Gasteiger partial charge in [0.2, 0.25) is 0 Å². The van der Waals surface area contributed by atoms with E-state index in [-0.39, 0.29) is 17.5 Å². The zero-order chi connectivity index (χ0) is 27.8. The van der Waals surface area contributed by atoms with E-state index in [0.29, 0.717) is 13.0 Å². The number of esters is 1. The van der Waals surface area contributed by atoms with Gasteiger partial charge in [0.15, 0.2) is 0 Å². The van der Waals surface area contributed by atoms with Crippen molar-refractivity contribution in [3.8, 4) is 5.75 Å². The summed E-state index contributed by atoms with van der Waals surface area (Å²) in [4.78, 5) is 11.4. The molecule has 2 aromatic carbocycles. The van der Waals surface area contributed by atoms with E-state index in [1.807, 2.05) is 6.08 Å². The predicted octanol–water partition coefficient (Wildman–Crippen LogP) is 8.23. The number of aliphatic hydroxyl groups is 1. The highest BCUT2D eigenvalue weighted by atomic mass is 16.6. The van der Waals surface area contributed by atoms with Gasteiger partial charge in [-0.25, -0.2) is 0 Å². The average molecular weight is 521 g/mol. The van der Waals surface area contributed by atoms with E-state index in [1.54, 1.807) is 0 Å². The first-order chi connectivity index (χ1) is 18.2. The standard InChI is InChI=1S/C34H48O4/c1-7-11-12-20-33(36,8-2)21-19-27-13-14-28(22-25(27)5)34(9-3,10-4)29-15-17-31(26(6)23-29)37-24-30-16-18-32(35)38-30/h13-15,17,19,21-23,30,36H,7-12,16,18,20,24H2,1-6H3/b21-19+/t30-,33?/m0/s1. The number of cyclic esters (lactones) is 1. The van der Waals surface area contributed by atoms with Crippen LogP contribution in [0.4, 0.5) is 0 Å². The maximum atomic E-state index is 11.4. The van der Waals surface area contributed by atoms with E-state index < -0.39 is 5.60 Å². The molecule has 1 unspecified atom stereocenters. The van der Waals surface area contributed by atoms with Crippen molar-refractivity contribution in [1.29, 1.82) is 0 Å². The van der Waals surface area contributed by atoms with Gasteiger partial charge in [0.25, 0.3) is 0 Å². The lowest BCUT2D eigenvalue weighted by Crippen LogP contribution is -2.26. The van der Waals surface area contributed by atoms with Crippen LogP contribution in [-0.4, -0.2) is 29.4 Å². The summed E-state index contributed by atoms with van der Waals surface area (Å²) >= 11 is 0. The Morgan fingerprint density at radius 1 is 0.974 bits per heavy atom. The van der Waals surface area contributed by atoms with Crippen molar-refractivity contribution in [2.24, 2.45) is 0 Å². The number of unbranched alkanes of at least 4 members (excludes halogenated alkanes) is 2. The maximum absolute atomic E-state index is 11.4. The smallest absolute Gasteiger partial charge is 0.306 e. The molecule has 208 valence electrons. The monoisotopic (exact) mass is 520 g/mol. The van der Waals surface area contributed by atoms with Gasteiger partial charge >= 0.3 is 5.97 Å². The summed E-state index contributed by atoms with van der Waals surface area (Å²) in [7, 11) is 0. The molecule has 0 aromatic heterocycles. The van der Waals surface area contributed by atoms with Gasteiger partial charge in [0.05, 0.1) is 5.60 Å². The largest absolute Gasteiger partial charge is 0.489 e. The molecule has 1 N–H and O–H groups in total. The number of benzene rings is 2. The molecule has 2 aromatic rings. The van der Waals surface area contributed by atoms with Crippen molar-refractivity contribution in [2.75, 3.05) is 6.61 Å². The lowest BCUT2D eigenvalue weighted by Gasteiger charge is -2.34. The molecule has 0 radical (unpaired) electrons. The minimum absolute atomic E-state index is 0.0957. The molecular formula is C34H48O4. The summed E-state index contributed by atoms with van der Waals surface area (Å²) in [5.41, 5.74) is 5.25. The molecule has 0 bridgehead atoms. The first-order valence-electron chi connectivity index (χ1n) is 14.7. The quantitative estimate of drug-likeness (QED) is 0.201. The highest BCUT2D eigenvalue weighted by molar-refractivity contribution is 5.71. The van der Waals surface area contributed by atoms with Gasteiger partial charge < -0.3 is 14.6 Å². The van der Waals surface area contributed by atoms with E-state index in [2.05, 4.69) is 84.0 Å². The summed E-state index contributed by atoms with van der Waals surface area (Å²) in [5, 5.41) is 11.0.